The fourth-order valence-corrected chi connectivity index (χ4v) is 2.09. The molecule has 1 rings (SSSR count). The predicted molar refractivity (Wildman–Crippen MR) is 78.0 cm³/mol. The fraction of sp³-hybridized carbons (Fsp3) is 0.333. The van der Waals surface area contributed by atoms with Crippen LogP contribution in [0.2, 0.25) is 5.02 Å². The molecule has 0 aliphatic carbocycles. The van der Waals surface area contributed by atoms with E-state index in [4.69, 9.17) is 16.7 Å². The zero-order valence-electron chi connectivity index (χ0n) is 10.7. The van der Waals surface area contributed by atoms with Crippen molar-refractivity contribution in [1.29, 1.82) is 0 Å². The summed E-state index contributed by atoms with van der Waals surface area (Å²) in [5.74, 6) is -1.03. The van der Waals surface area contributed by atoms with Gasteiger partial charge in [-0.3, -0.25) is 0 Å². The molecule has 1 atom stereocenters. The Morgan fingerprint density at radius 1 is 1.50 bits per heavy atom. The topological polar surface area (TPSA) is 78.4 Å². The average molecular weight is 321 g/mol. The molecule has 1 aromatic rings. The van der Waals surface area contributed by atoms with E-state index in [-0.39, 0.29) is 10.7 Å². The lowest BCUT2D eigenvalue weighted by atomic mass is 10.2. The Morgan fingerprint density at radius 2 is 2.20 bits per heavy atom. The molecular weight excluding hydrogens is 307 g/mol. The quantitative estimate of drug-likeness (QED) is 0.753. The molecule has 0 fully saturated rings. The summed E-state index contributed by atoms with van der Waals surface area (Å²) in [5.41, 5.74) is 0.208. The number of halogens is 2. The molecule has 3 N–H and O–H groups in total. The van der Waals surface area contributed by atoms with E-state index in [0.717, 1.165) is 12.1 Å². The zero-order chi connectivity index (χ0) is 15.1. The highest BCUT2D eigenvalue weighted by molar-refractivity contribution is 7.98. The van der Waals surface area contributed by atoms with E-state index in [2.05, 4.69) is 10.6 Å². The minimum atomic E-state index is -1.11. The fourth-order valence-electron chi connectivity index (χ4n) is 1.40. The molecule has 0 radical (unpaired) electrons. The van der Waals surface area contributed by atoms with Gasteiger partial charge in [-0.1, -0.05) is 11.6 Å². The van der Waals surface area contributed by atoms with E-state index in [1.54, 1.807) is 0 Å². The molecular formula is C12H14ClFN2O3S. The van der Waals surface area contributed by atoms with Gasteiger partial charge in [0, 0.05) is 0 Å². The van der Waals surface area contributed by atoms with Crippen LogP contribution in [-0.4, -0.2) is 35.2 Å². The lowest BCUT2D eigenvalue weighted by Crippen LogP contribution is -2.43. The molecule has 8 heteroatoms. The third kappa shape index (κ3) is 5.26. The molecule has 0 aliphatic heterocycles. The van der Waals surface area contributed by atoms with Gasteiger partial charge in [0.1, 0.15) is 11.9 Å². The number of urea groups is 1. The number of carboxylic acids is 1. The third-order valence-electron chi connectivity index (χ3n) is 2.39. The maximum Gasteiger partial charge on any atom is 0.326 e. The first-order valence-electron chi connectivity index (χ1n) is 5.68. The van der Waals surface area contributed by atoms with Gasteiger partial charge >= 0.3 is 12.0 Å². The number of hydrogen-bond donors (Lipinski definition) is 3. The van der Waals surface area contributed by atoms with Crippen molar-refractivity contribution in [2.75, 3.05) is 17.3 Å². The second kappa shape index (κ2) is 7.96. The Bertz CT molecular complexity index is 502. The van der Waals surface area contributed by atoms with Gasteiger partial charge in [0.25, 0.3) is 0 Å². The van der Waals surface area contributed by atoms with Gasteiger partial charge in [-0.15, -0.1) is 0 Å². The molecule has 1 aromatic carbocycles. The number of carbonyl (C=O) groups is 2. The summed E-state index contributed by atoms with van der Waals surface area (Å²) in [6.07, 6.45) is 2.15. The Hall–Kier alpha value is -1.47. The summed E-state index contributed by atoms with van der Waals surface area (Å²) in [7, 11) is 0. The Labute approximate surface area is 124 Å². The van der Waals surface area contributed by atoms with E-state index < -0.39 is 23.9 Å². The zero-order valence-corrected chi connectivity index (χ0v) is 12.2. The van der Waals surface area contributed by atoms with E-state index >= 15 is 0 Å². The molecule has 110 valence electrons. The van der Waals surface area contributed by atoms with Crippen molar-refractivity contribution in [2.24, 2.45) is 0 Å². The number of aliphatic carboxylic acids is 1. The van der Waals surface area contributed by atoms with E-state index in [1.807, 2.05) is 6.26 Å². The van der Waals surface area contributed by atoms with Crippen LogP contribution in [0.5, 0.6) is 0 Å². The maximum absolute atomic E-state index is 12.8. The van der Waals surface area contributed by atoms with Crippen molar-refractivity contribution in [2.45, 2.75) is 12.5 Å². The molecule has 5 nitrogen and oxygen atoms in total. The summed E-state index contributed by atoms with van der Waals surface area (Å²) in [4.78, 5) is 22.7. The lowest BCUT2D eigenvalue weighted by molar-refractivity contribution is -0.139. The highest BCUT2D eigenvalue weighted by Crippen LogP contribution is 2.22. The highest BCUT2D eigenvalue weighted by Gasteiger charge is 2.19. The number of anilines is 1. The summed E-state index contributed by atoms with van der Waals surface area (Å²) < 4.78 is 12.8. The summed E-state index contributed by atoms with van der Waals surface area (Å²) in [5, 5.41) is 13.7. The van der Waals surface area contributed by atoms with Crippen molar-refractivity contribution in [1.82, 2.24) is 5.32 Å². The summed E-state index contributed by atoms with van der Waals surface area (Å²) in [6, 6.07) is 1.81. The van der Waals surface area contributed by atoms with Crippen LogP contribution in [0.15, 0.2) is 18.2 Å². The first kappa shape index (κ1) is 16.6. The van der Waals surface area contributed by atoms with Gasteiger partial charge in [-0.25, -0.2) is 14.0 Å². The van der Waals surface area contributed by atoms with Gasteiger partial charge < -0.3 is 15.7 Å². The highest BCUT2D eigenvalue weighted by atomic mass is 35.5. The molecule has 2 amide bonds. The average Bonchev–Trinajstić information content (AvgIpc) is 2.37. The largest absolute Gasteiger partial charge is 0.480 e. The smallest absolute Gasteiger partial charge is 0.326 e. The lowest BCUT2D eigenvalue weighted by Gasteiger charge is -2.15. The Kier molecular flexibility index (Phi) is 6.60. The number of hydrogen-bond acceptors (Lipinski definition) is 3. The van der Waals surface area contributed by atoms with Gasteiger partial charge in [0.05, 0.1) is 10.7 Å². The van der Waals surface area contributed by atoms with Crippen LogP contribution < -0.4 is 10.6 Å². The van der Waals surface area contributed by atoms with Crippen LogP contribution in [-0.2, 0) is 4.79 Å². The van der Waals surface area contributed by atoms with Gasteiger partial charge in [0.2, 0.25) is 0 Å². The van der Waals surface area contributed by atoms with E-state index in [9.17, 15) is 14.0 Å². The van der Waals surface area contributed by atoms with Crippen LogP contribution in [0, 0.1) is 5.82 Å². The van der Waals surface area contributed by atoms with Gasteiger partial charge in [-0.05, 0) is 36.6 Å². The second-order valence-electron chi connectivity index (χ2n) is 3.89. The molecule has 0 heterocycles. The van der Waals surface area contributed by atoms with Crippen LogP contribution in [0.1, 0.15) is 6.42 Å². The number of nitrogens with one attached hydrogen (secondary N) is 2. The van der Waals surface area contributed by atoms with Crippen LogP contribution in [0.4, 0.5) is 14.9 Å². The first-order valence-corrected chi connectivity index (χ1v) is 7.45. The van der Waals surface area contributed by atoms with Crippen LogP contribution in [0.25, 0.3) is 0 Å². The van der Waals surface area contributed by atoms with Gasteiger partial charge in [0.15, 0.2) is 0 Å². The molecule has 0 saturated carbocycles. The number of benzene rings is 1. The Balaban J connectivity index is 2.63. The van der Waals surface area contributed by atoms with Crippen molar-refractivity contribution in [3.63, 3.8) is 0 Å². The molecule has 0 aromatic heterocycles. The standard InChI is InChI=1S/C12H14ClFN2O3S/c1-20-5-4-10(11(17)18)16-12(19)15-9-3-2-7(14)6-8(9)13/h2-3,6,10H,4-5H2,1H3,(H,17,18)(H2,15,16,19)/t10-/m0/s1. The monoisotopic (exact) mass is 320 g/mol. The Morgan fingerprint density at radius 3 is 2.75 bits per heavy atom. The van der Waals surface area contributed by atoms with Crippen molar-refractivity contribution >= 4 is 41.1 Å². The number of carbonyl (C=O) groups excluding carboxylic acids is 1. The van der Waals surface area contributed by atoms with Crippen LogP contribution in [0.3, 0.4) is 0 Å². The molecule has 0 unspecified atom stereocenters. The first-order chi connectivity index (χ1) is 9.43. The van der Waals surface area contributed by atoms with Gasteiger partial charge in [-0.2, -0.15) is 11.8 Å². The second-order valence-corrected chi connectivity index (χ2v) is 5.29. The van der Waals surface area contributed by atoms with Crippen molar-refractivity contribution in [3.05, 3.63) is 29.0 Å². The molecule has 0 saturated heterocycles. The number of amides is 2. The minimum Gasteiger partial charge on any atom is -0.480 e. The summed E-state index contributed by atoms with van der Waals surface area (Å²) in [6.45, 7) is 0. The molecule has 0 bridgehead atoms. The molecule has 0 aliphatic rings. The van der Waals surface area contributed by atoms with Crippen LogP contribution >= 0.6 is 23.4 Å². The minimum absolute atomic E-state index is 0.0381. The number of thioether (sulfide) groups is 1. The normalized spacial score (nSPS) is 11.8. The summed E-state index contributed by atoms with van der Waals surface area (Å²) >= 11 is 7.24. The van der Waals surface area contributed by atoms with E-state index in [0.29, 0.717) is 12.2 Å². The molecule has 0 spiro atoms. The third-order valence-corrected chi connectivity index (χ3v) is 3.35. The number of rotatable bonds is 6. The predicted octanol–water partition coefficient (Wildman–Crippen LogP) is 2.81. The number of carboxylic acid groups (broad SMARTS) is 1. The molecule has 20 heavy (non-hydrogen) atoms. The SMILES string of the molecule is CSCC[C@H](NC(=O)Nc1ccc(F)cc1Cl)C(=O)O. The maximum atomic E-state index is 12.8. The van der Waals surface area contributed by atoms with Crippen molar-refractivity contribution in [3.8, 4) is 0 Å². The van der Waals surface area contributed by atoms with Crippen molar-refractivity contribution < 1.29 is 19.1 Å². The van der Waals surface area contributed by atoms with E-state index in [1.165, 1.54) is 17.8 Å².